The number of nitrogens with one attached hydrogen (secondary N) is 1. The van der Waals surface area contributed by atoms with E-state index in [1.807, 2.05) is 31.2 Å². The number of halogens is 1. The first kappa shape index (κ1) is 23.5. The molecule has 2 aromatic carbocycles. The minimum absolute atomic E-state index is 0.0605. The molecule has 35 heavy (non-hydrogen) atoms. The molecule has 0 saturated carbocycles. The minimum atomic E-state index is -4.04. The summed E-state index contributed by atoms with van der Waals surface area (Å²) in [5, 5.41) is 0.847. The fraction of sp³-hybridized carbons (Fsp3) is 0.167. The average Bonchev–Trinajstić information content (AvgIpc) is 3.18. The summed E-state index contributed by atoms with van der Waals surface area (Å²) in [5.74, 6) is 0.0605. The van der Waals surface area contributed by atoms with E-state index >= 15 is 0 Å². The summed E-state index contributed by atoms with van der Waals surface area (Å²) in [6, 6.07) is 15.0. The number of hydrogen-bond donors (Lipinski definition) is 1. The average molecular weight is 529 g/mol. The number of benzene rings is 2. The van der Waals surface area contributed by atoms with Crippen molar-refractivity contribution in [2.75, 3.05) is 21.3 Å². The zero-order valence-corrected chi connectivity index (χ0v) is 21.0. The Morgan fingerprint density at radius 2 is 1.89 bits per heavy atom. The molecule has 8 nitrogen and oxygen atoms in total. The number of fused-ring (bicyclic) bond motifs is 1. The van der Waals surface area contributed by atoms with Crippen LogP contribution in [0, 0.1) is 6.92 Å². The first-order valence-corrected chi connectivity index (χ1v) is 14.3. The lowest BCUT2D eigenvalue weighted by Crippen LogP contribution is -2.25. The normalized spacial score (nSPS) is 15.4. The van der Waals surface area contributed by atoms with Crippen LogP contribution in [-0.2, 0) is 20.0 Å². The Morgan fingerprint density at radius 1 is 1.06 bits per heavy atom. The number of nitrogens with zero attached hydrogens (tertiary/aromatic N) is 3. The van der Waals surface area contributed by atoms with Crippen LogP contribution in [0.5, 0.6) is 0 Å². The van der Waals surface area contributed by atoms with Crippen LogP contribution in [-0.4, -0.2) is 39.1 Å². The highest BCUT2D eigenvalue weighted by Gasteiger charge is 2.29. The summed E-state index contributed by atoms with van der Waals surface area (Å²) in [6.07, 6.45) is 3.92. The number of sulfonamides is 2. The molecule has 0 radical (unpaired) electrons. The zero-order valence-electron chi connectivity index (χ0n) is 18.6. The van der Waals surface area contributed by atoms with Crippen molar-refractivity contribution < 1.29 is 16.8 Å². The highest BCUT2D eigenvalue weighted by molar-refractivity contribution is 7.93. The van der Waals surface area contributed by atoms with E-state index in [1.54, 1.807) is 24.5 Å². The summed E-state index contributed by atoms with van der Waals surface area (Å²) in [7, 11) is -7.44. The smallest absolute Gasteiger partial charge is 0.263 e. The molecular formula is C24H21ClN4O4S2. The molecule has 0 amide bonds. The Bertz CT molecular complexity index is 1670. The van der Waals surface area contributed by atoms with E-state index in [0.29, 0.717) is 30.0 Å². The Morgan fingerprint density at radius 3 is 2.63 bits per heavy atom. The van der Waals surface area contributed by atoms with Crippen LogP contribution in [0.25, 0.3) is 22.2 Å². The first-order chi connectivity index (χ1) is 16.6. The maximum absolute atomic E-state index is 13.1. The maximum atomic E-state index is 13.1. The highest BCUT2D eigenvalue weighted by Crippen LogP contribution is 2.33. The minimum Gasteiger partial charge on any atom is -0.280 e. The van der Waals surface area contributed by atoms with E-state index in [4.69, 9.17) is 11.6 Å². The molecule has 1 N–H and O–H groups in total. The largest absolute Gasteiger partial charge is 0.280 e. The summed E-state index contributed by atoms with van der Waals surface area (Å²) < 4.78 is 54.5. The van der Waals surface area contributed by atoms with E-state index in [-0.39, 0.29) is 15.7 Å². The number of aryl methyl sites for hydroxylation is 1. The van der Waals surface area contributed by atoms with Gasteiger partial charge < -0.3 is 0 Å². The fourth-order valence-electron chi connectivity index (χ4n) is 4.08. The molecule has 5 rings (SSSR count). The van der Waals surface area contributed by atoms with Gasteiger partial charge in [-0.1, -0.05) is 17.7 Å². The van der Waals surface area contributed by atoms with Crippen LogP contribution in [0.1, 0.15) is 12.0 Å². The maximum Gasteiger partial charge on any atom is 0.263 e. The molecule has 0 aliphatic carbocycles. The number of aromatic nitrogens is 2. The molecule has 0 unspecified atom stereocenters. The monoisotopic (exact) mass is 528 g/mol. The number of rotatable bonds is 5. The molecule has 0 spiro atoms. The van der Waals surface area contributed by atoms with Gasteiger partial charge in [-0.2, -0.15) is 0 Å². The van der Waals surface area contributed by atoms with Crippen LogP contribution < -0.4 is 9.03 Å². The second-order valence-electron chi connectivity index (χ2n) is 8.26. The van der Waals surface area contributed by atoms with Crippen molar-refractivity contribution in [1.82, 2.24) is 9.97 Å². The quantitative estimate of drug-likeness (QED) is 0.405. The van der Waals surface area contributed by atoms with E-state index in [9.17, 15) is 16.8 Å². The van der Waals surface area contributed by atoms with Gasteiger partial charge in [0.2, 0.25) is 10.0 Å². The molecule has 4 aromatic rings. The third kappa shape index (κ3) is 4.56. The van der Waals surface area contributed by atoms with Crippen molar-refractivity contribution in [3.05, 3.63) is 77.6 Å². The topological polar surface area (TPSA) is 109 Å². The van der Waals surface area contributed by atoms with Crippen molar-refractivity contribution in [2.24, 2.45) is 0 Å². The molecule has 1 saturated heterocycles. The van der Waals surface area contributed by atoms with Gasteiger partial charge >= 0.3 is 0 Å². The lowest BCUT2D eigenvalue weighted by Gasteiger charge is -2.18. The Labute approximate surface area is 208 Å². The molecule has 11 heteroatoms. The van der Waals surface area contributed by atoms with Gasteiger partial charge in [0.1, 0.15) is 4.90 Å². The third-order valence-corrected chi connectivity index (χ3v) is 9.58. The van der Waals surface area contributed by atoms with Crippen LogP contribution in [0.4, 0.5) is 11.4 Å². The Balaban J connectivity index is 1.46. The van der Waals surface area contributed by atoms with Gasteiger partial charge in [0, 0.05) is 35.6 Å². The van der Waals surface area contributed by atoms with E-state index in [2.05, 4.69) is 14.7 Å². The predicted octanol–water partition coefficient (Wildman–Crippen LogP) is 4.60. The predicted molar refractivity (Wildman–Crippen MR) is 138 cm³/mol. The second kappa shape index (κ2) is 8.78. The van der Waals surface area contributed by atoms with Crippen molar-refractivity contribution in [3.8, 4) is 11.3 Å². The third-order valence-electron chi connectivity index (χ3n) is 5.85. The summed E-state index contributed by atoms with van der Waals surface area (Å²) in [4.78, 5) is 8.64. The number of hydrogen-bond acceptors (Lipinski definition) is 6. The van der Waals surface area contributed by atoms with Crippen molar-refractivity contribution in [3.63, 3.8) is 0 Å². The van der Waals surface area contributed by atoms with Gasteiger partial charge in [-0.05, 0) is 67.4 Å². The lowest BCUT2D eigenvalue weighted by molar-refractivity contribution is 0.599. The Kier molecular flexibility index (Phi) is 5.90. The molecule has 0 atom stereocenters. The molecular weight excluding hydrogens is 508 g/mol. The van der Waals surface area contributed by atoms with Crippen LogP contribution in [0.2, 0.25) is 5.02 Å². The highest BCUT2D eigenvalue weighted by atomic mass is 35.5. The summed E-state index contributed by atoms with van der Waals surface area (Å²) >= 11 is 6.30. The lowest BCUT2D eigenvalue weighted by atomic mass is 10.0. The van der Waals surface area contributed by atoms with Crippen LogP contribution >= 0.6 is 11.6 Å². The molecule has 180 valence electrons. The fourth-order valence-corrected chi connectivity index (χ4v) is 7.23. The van der Waals surface area contributed by atoms with Gasteiger partial charge in [-0.25, -0.2) is 21.8 Å². The zero-order chi connectivity index (χ0) is 24.8. The van der Waals surface area contributed by atoms with Crippen LogP contribution in [0.3, 0.4) is 0 Å². The molecule has 1 aliphatic heterocycles. The number of anilines is 2. The number of pyridine rings is 2. The van der Waals surface area contributed by atoms with E-state index in [0.717, 1.165) is 22.0 Å². The molecule has 3 heterocycles. The van der Waals surface area contributed by atoms with Gasteiger partial charge in [0.15, 0.2) is 0 Å². The Hall–Kier alpha value is -3.21. The summed E-state index contributed by atoms with van der Waals surface area (Å²) in [5.41, 5.74) is 3.91. The standard InChI is InChI=1S/C24H21ClN4O4S2/c1-16-3-5-18(13-20(16)23-7-4-17-15-26-10-9-22(17)27-23)28-35(32,33)24-8-6-19(14-21(24)25)29-11-2-12-34(29,30)31/h3-10,13-15,28H,2,11-12H2,1H3. The first-order valence-electron chi connectivity index (χ1n) is 10.8. The van der Waals surface area contributed by atoms with Gasteiger partial charge in [-0.3, -0.25) is 14.0 Å². The SMILES string of the molecule is Cc1ccc(NS(=O)(=O)c2ccc(N3CCCS3(=O)=O)cc2Cl)cc1-c1ccc2cnccc2n1. The molecule has 0 bridgehead atoms. The van der Waals surface area contributed by atoms with E-state index in [1.165, 1.54) is 22.5 Å². The van der Waals surface area contributed by atoms with Gasteiger partial charge in [0.05, 0.1) is 27.7 Å². The summed E-state index contributed by atoms with van der Waals surface area (Å²) in [6.45, 7) is 2.27. The molecule has 1 fully saturated rings. The van der Waals surface area contributed by atoms with Crippen LogP contribution in [0.15, 0.2) is 71.9 Å². The molecule has 1 aliphatic rings. The van der Waals surface area contributed by atoms with Crippen molar-refractivity contribution in [2.45, 2.75) is 18.2 Å². The second-order valence-corrected chi connectivity index (χ2v) is 12.3. The van der Waals surface area contributed by atoms with Crippen molar-refractivity contribution >= 4 is 53.9 Å². The van der Waals surface area contributed by atoms with Gasteiger partial charge in [-0.15, -0.1) is 0 Å². The molecule has 2 aromatic heterocycles. The van der Waals surface area contributed by atoms with Gasteiger partial charge in [0.25, 0.3) is 10.0 Å². The van der Waals surface area contributed by atoms with E-state index < -0.39 is 20.0 Å². The van der Waals surface area contributed by atoms with Crippen molar-refractivity contribution in [1.29, 1.82) is 0 Å².